The van der Waals surface area contributed by atoms with Gasteiger partial charge in [-0.1, -0.05) is 58.0 Å². The van der Waals surface area contributed by atoms with E-state index in [-0.39, 0.29) is 50.5 Å². The summed E-state index contributed by atoms with van der Waals surface area (Å²) in [5.74, 6) is -7.17. The molecule has 22 heteroatoms. The van der Waals surface area contributed by atoms with Gasteiger partial charge in [0.2, 0.25) is 59.1 Å². The van der Waals surface area contributed by atoms with Crippen molar-refractivity contribution in [2.45, 2.75) is 181 Å². The highest BCUT2D eigenvalue weighted by molar-refractivity contribution is 5.98. The van der Waals surface area contributed by atoms with E-state index >= 15 is 0 Å². The third kappa shape index (κ3) is 19.4. The van der Waals surface area contributed by atoms with Crippen molar-refractivity contribution in [3.8, 4) is 0 Å². The van der Waals surface area contributed by atoms with Gasteiger partial charge in [-0.25, -0.2) is 0 Å². The summed E-state index contributed by atoms with van der Waals surface area (Å²) < 4.78 is 6.01. The van der Waals surface area contributed by atoms with E-state index in [9.17, 15) is 53.1 Å². The minimum Gasteiger partial charge on any atom is -0.391 e. The Balaban J connectivity index is 2.19. The zero-order valence-corrected chi connectivity index (χ0v) is 48.3. The van der Waals surface area contributed by atoms with Crippen molar-refractivity contribution < 1.29 is 57.8 Å². The lowest BCUT2D eigenvalue weighted by atomic mass is 9.98. The quantitative estimate of drug-likeness (QED) is 0.220. The molecule has 77 heavy (non-hydrogen) atoms. The van der Waals surface area contributed by atoms with Gasteiger partial charge in [0, 0.05) is 61.2 Å². The molecular weight excluding hydrogens is 993 g/mol. The van der Waals surface area contributed by atoms with Gasteiger partial charge < -0.3 is 60.5 Å². The maximum atomic E-state index is 14.9. The van der Waals surface area contributed by atoms with Crippen molar-refractivity contribution in [2.24, 2.45) is 11.8 Å². The number of hydrogen-bond donors (Lipinski definition) is 5. The summed E-state index contributed by atoms with van der Waals surface area (Å²) in [7, 11) is 6.92. The number of nitrogens with zero attached hydrogens (tertiary/aromatic N) is 6. The van der Waals surface area contributed by atoms with Gasteiger partial charge in [0.15, 0.2) is 0 Å². The number of amides is 10. The molecule has 9 atom stereocenters. The van der Waals surface area contributed by atoms with Gasteiger partial charge in [-0.05, 0) is 97.5 Å². The molecule has 0 aromatic heterocycles. The molecule has 0 unspecified atom stereocenters. The number of likely N-dealkylation sites (tertiary alicyclic amines) is 1. The van der Waals surface area contributed by atoms with Crippen LogP contribution in [0, 0.1) is 11.8 Å². The Morgan fingerprint density at radius 1 is 0.662 bits per heavy atom. The standard InChI is InChI=1S/C55H90N10O12/c1-33(2)28-41-48(70)58-40(32-77-55(8,9)10)47(69)57-39(52(74)65-26-20-17-21-27-65)24-25-44(67)56-35(5)50(72)61(12)36(6)51(73)64(15)43(30-38-22-18-16-19-23-38)53(75)63(14)42(29-34(3)4)49(71)59-46(37(7)66)54(76)60(11)31-45(68)62(41)13/h16,18-19,22-23,33-37,39-43,46,66H,17,20-21,24-32H2,1-15H3,(H,56,67)(H,57,69)(H,58,70)(H,59,71)/t35-,36-,37+,39-,40-,41-,42-,43-,46-/m0/s1. The minimum atomic E-state index is -1.60. The molecule has 0 saturated carbocycles. The van der Waals surface area contributed by atoms with E-state index in [2.05, 4.69) is 21.3 Å². The number of carbonyl (C=O) groups excluding carboxylic acids is 10. The molecule has 432 valence electrons. The average Bonchev–Trinajstić information content (AvgIpc) is 3.37. The third-order valence-corrected chi connectivity index (χ3v) is 14.1. The number of aliphatic hydroxyl groups is 1. The third-order valence-electron chi connectivity index (χ3n) is 14.1. The van der Waals surface area contributed by atoms with Crippen molar-refractivity contribution in [1.29, 1.82) is 0 Å². The first-order valence-electron chi connectivity index (χ1n) is 27.0. The predicted molar refractivity (Wildman–Crippen MR) is 289 cm³/mol. The highest BCUT2D eigenvalue weighted by Crippen LogP contribution is 2.20. The Labute approximate surface area is 456 Å². The first kappa shape index (κ1) is 65.1. The summed E-state index contributed by atoms with van der Waals surface area (Å²) in [5, 5.41) is 21.8. The second kappa shape index (κ2) is 29.5. The van der Waals surface area contributed by atoms with Crippen LogP contribution in [0.3, 0.4) is 0 Å². The molecule has 2 aliphatic rings. The number of aliphatic hydroxyl groups excluding tert-OH is 1. The van der Waals surface area contributed by atoms with Gasteiger partial charge in [-0.15, -0.1) is 0 Å². The monoisotopic (exact) mass is 1080 g/mol. The van der Waals surface area contributed by atoms with Gasteiger partial charge in [0.05, 0.1) is 24.9 Å². The Morgan fingerprint density at radius 3 is 1.75 bits per heavy atom. The summed E-state index contributed by atoms with van der Waals surface area (Å²) in [4.78, 5) is 150. The van der Waals surface area contributed by atoms with E-state index < -0.39 is 126 Å². The molecule has 1 aromatic carbocycles. The van der Waals surface area contributed by atoms with E-state index in [1.54, 1.807) is 56.0 Å². The minimum absolute atomic E-state index is 0.00785. The van der Waals surface area contributed by atoms with Crippen molar-refractivity contribution in [3.05, 3.63) is 35.9 Å². The lowest BCUT2D eigenvalue weighted by Gasteiger charge is -2.38. The van der Waals surface area contributed by atoms with Crippen LogP contribution in [-0.2, 0) is 59.1 Å². The van der Waals surface area contributed by atoms with Crippen LogP contribution >= 0.6 is 0 Å². The van der Waals surface area contributed by atoms with E-state index in [0.717, 1.165) is 34.0 Å². The number of carbonyl (C=O) groups is 10. The van der Waals surface area contributed by atoms with Gasteiger partial charge in [-0.3, -0.25) is 47.9 Å². The number of benzene rings is 1. The largest absolute Gasteiger partial charge is 0.391 e. The fraction of sp³-hybridized carbons (Fsp3) is 0.709. The van der Waals surface area contributed by atoms with Crippen LogP contribution in [0.2, 0.25) is 0 Å². The molecule has 0 bridgehead atoms. The molecule has 2 saturated heterocycles. The van der Waals surface area contributed by atoms with Crippen LogP contribution in [0.1, 0.15) is 120 Å². The topological polar surface area (TPSA) is 268 Å². The van der Waals surface area contributed by atoms with E-state index in [0.29, 0.717) is 18.7 Å². The average molecular weight is 1080 g/mol. The number of nitrogens with one attached hydrogen (secondary N) is 4. The number of rotatable bonds is 10. The molecule has 1 aromatic rings. The lowest BCUT2D eigenvalue weighted by molar-refractivity contribution is -0.152. The Hall–Kier alpha value is -6.16. The number of likely N-dealkylation sites (N-methyl/N-ethyl adjacent to an activating group) is 5. The summed E-state index contributed by atoms with van der Waals surface area (Å²) in [6.45, 7) is 16.8. The fourth-order valence-electron chi connectivity index (χ4n) is 9.24. The van der Waals surface area contributed by atoms with Gasteiger partial charge in [0.1, 0.15) is 48.3 Å². The SMILES string of the molecule is CC(C)C[C@H]1C(=O)N[C@@H](COC(C)(C)C)C(=O)N[C@H](C(=O)N2CCCCC2)CCC(=O)N[C@@H](C)C(=O)N(C)[C@@H](C)C(=O)N(C)[C@@H](Cc2ccccc2)C(=O)N(C)[C@@H](CC(C)C)C(=O)N[C@@H]([C@@H](C)O)C(=O)N(C)CC(=O)N1C. The lowest BCUT2D eigenvalue weighted by Crippen LogP contribution is -2.61. The molecular formula is C55H90N10O12. The summed E-state index contributed by atoms with van der Waals surface area (Å²) >= 11 is 0. The van der Waals surface area contributed by atoms with Crippen molar-refractivity contribution in [2.75, 3.05) is 61.5 Å². The molecule has 10 amide bonds. The second-order valence-corrected chi connectivity index (χ2v) is 22.7. The Morgan fingerprint density at radius 2 is 1.21 bits per heavy atom. The van der Waals surface area contributed by atoms with E-state index in [1.165, 1.54) is 65.8 Å². The van der Waals surface area contributed by atoms with E-state index in [1.807, 2.05) is 27.7 Å². The van der Waals surface area contributed by atoms with E-state index in [4.69, 9.17) is 4.74 Å². The maximum absolute atomic E-state index is 14.9. The molecule has 2 fully saturated rings. The Bertz CT molecular complexity index is 2210. The first-order valence-corrected chi connectivity index (χ1v) is 27.0. The van der Waals surface area contributed by atoms with Crippen LogP contribution in [0.5, 0.6) is 0 Å². The molecule has 3 rings (SSSR count). The molecule has 2 aliphatic heterocycles. The van der Waals surface area contributed by atoms with Crippen LogP contribution < -0.4 is 21.3 Å². The number of piperidine rings is 1. The summed E-state index contributed by atoms with van der Waals surface area (Å²) in [5.41, 5.74) is -0.103. The fourth-order valence-corrected chi connectivity index (χ4v) is 9.24. The first-order chi connectivity index (χ1) is 35.9. The normalized spacial score (nSPS) is 26.2. The predicted octanol–water partition coefficient (Wildman–Crippen LogP) is 1.07. The Kier molecular flexibility index (Phi) is 25.0. The molecule has 0 spiro atoms. The van der Waals surface area contributed by atoms with Crippen molar-refractivity contribution >= 4 is 59.1 Å². The molecule has 0 radical (unpaired) electrons. The van der Waals surface area contributed by atoms with Crippen LogP contribution in [0.25, 0.3) is 0 Å². The maximum Gasteiger partial charge on any atom is 0.248 e. The van der Waals surface area contributed by atoms with Crippen LogP contribution in [-0.4, -0.2) is 215 Å². The molecule has 22 nitrogen and oxygen atoms in total. The van der Waals surface area contributed by atoms with Crippen molar-refractivity contribution in [1.82, 2.24) is 50.7 Å². The zero-order chi connectivity index (χ0) is 58.2. The van der Waals surface area contributed by atoms with Gasteiger partial charge >= 0.3 is 0 Å². The smallest absolute Gasteiger partial charge is 0.248 e. The highest BCUT2D eigenvalue weighted by atomic mass is 16.5. The van der Waals surface area contributed by atoms with Gasteiger partial charge in [0.25, 0.3) is 0 Å². The highest BCUT2D eigenvalue weighted by Gasteiger charge is 2.41. The zero-order valence-electron chi connectivity index (χ0n) is 48.3. The number of hydrogen-bond acceptors (Lipinski definition) is 12. The van der Waals surface area contributed by atoms with Crippen molar-refractivity contribution in [3.63, 3.8) is 0 Å². The molecule has 0 aliphatic carbocycles. The number of ether oxygens (including phenoxy) is 1. The second-order valence-electron chi connectivity index (χ2n) is 22.7. The van der Waals surface area contributed by atoms with Crippen LogP contribution in [0.15, 0.2) is 30.3 Å². The summed E-state index contributed by atoms with van der Waals surface area (Å²) in [6.07, 6.45) is 0.604. The molecule has 5 N–H and O–H groups in total. The van der Waals surface area contributed by atoms with Gasteiger partial charge in [-0.2, -0.15) is 0 Å². The summed E-state index contributed by atoms with van der Waals surface area (Å²) in [6, 6.07) is -1.32. The molecule has 2 heterocycles. The van der Waals surface area contributed by atoms with Crippen LogP contribution in [0.4, 0.5) is 0 Å².